The van der Waals surface area contributed by atoms with Crippen molar-refractivity contribution in [2.45, 2.75) is 17.4 Å². The van der Waals surface area contributed by atoms with E-state index < -0.39 is 6.10 Å². The summed E-state index contributed by atoms with van der Waals surface area (Å²) in [5.74, 6) is -0.132. The van der Waals surface area contributed by atoms with Crippen molar-refractivity contribution in [3.63, 3.8) is 0 Å². The predicted octanol–water partition coefficient (Wildman–Crippen LogP) is 4.42. The highest BCUT2D eigenvalue weighted by atomic mass is 79.9. The molecule has 1 atom stereocenters. The Kier molecular flexibility index (Phi) is 5.57. The van der Waals surface area contributed by atoms with Gasteiger partial charge in [-0.15, -0.1) is 11.8 Å². The standard InChI is InChI=1S/C15H13BrF2OS/c16-11-5-10(6-13(18)8-11)7-14(19)9-20-15-3-1-12(17)2-4-15/h1-6,8,14,19H,7,9H2. The Morgan fingerprint density at radius 1 is 1.05 bits per heavy atom. The lowest BCUT2D eigenvalue weighted by Gasteiger charge is -2.11. The molecule has 2 aromatic carbocycles. The minimum absolute atomic E-state index is 0.278. The highest BCUT2D eigenvalue weighted by Gasteiger charge is 2.08. The van der Waals surface area contributed by atoms with Crippen LogP contribution in [0.25, 0.3) is 0 Å². The van der Waals surface area contributed by atoms with Crippen LogP contribution in [0.5, 0.6) is 0 Å². The number of aliphatic hydroxyl groups is 1. The van der Waals surface area contributed by atoms with Crippen LogP contribution in [-0.4, -0.2) is 17.0 Å². The van der Waals surface area contributed by atoms with Crippen molar-refractivity contribution in [1.29, 1.82) is 0 Å². The third-order valence-electron chi connectivity index (χ3n) is 2.65. The summed E-state index contributed by atoms with van der Waals surface area (Å²) in [6, 6.07) is 10.7. The maximum atomic E-state index is 13.2. The van der Waals surface area contributed by atoms with E-state index in [-0.39, 0.29) is 11.6 Å². The summed E-state index contributed by atoms with van der Waals surface area (Å²) in [6.07, 6.45) is -0.205. The summed E-state index contributed by atoms with van der Waals surface area (Å²) in [6.45, 7) is 0. The molecule has 0 aliphatic carbocycles. The molecule has 0 spiro atoms. The maximum Gasteiger partial charge on any atom is 0.124 e. The van der Waals surface area contributed by atoms with Crippen molar-refractivity contribution < 1.29 is 13.9 Å². The van der Waals surface area contributed by atoms with Crippen LogP contribution < -0.4 is 0 Å². The molecular weight excluding hydrogens is 346 g/mol. The summed E-state index contributed by atoms with van der Waals surface area (Å²) < 4.78 is 26.6. The van der Waals surface area contributed by atoms with Gasteiger partial charge in [0.1, 0.15) is 11.6 Å². The third kappa shape index (κ3) is 4.89. The molecule has 0 aromatic heterocycles. The van der Waals surface area contributed by atoms with Crippen LogP contribution in [-0.2, 0) is 6.42 Å². The summed E-state index contributed by atoms with van der Waals surface area (Å²) in [5.41, 5.74) is 0.740. The Morgan fingerprint density at radius 3 is 2.40 bits per heavy atom. The molecule has 0 fully saturated rings. The van der Waals surface area contributed by atoms with Crippen LogP contribution in [0.2, 0.25) is 0 Å². The van der Waals surface area contributed by atoms with E-state index in [1.165, 1.54) is 36.0 Å². The molecular formula is C15H13BrF2OS. The van der Waals surface area contributed by atoms with E-state index in [4.69, 9.17) is 0 Å². The number of thioether (sulfide) groups is 1. The van der Waals surface area contributed by atoms with Gasteiger partial charge in [-0.2, -0.15) is 0 Å². The van der Waals surface area contributed by atoms with Crippen molar-refractivity contribution >= 4 is 27.7 Å². The molecule has 1 nitrogen and oxygen atoms in total. The van der Waals surface area contributed by atoms with Gasteiger partial charge in [0.2, 0.25) is 0 Å². The first-order chi connectivity index (χ1) is 9.52. The second-order valence-electron chi connectivity index (χ2n) is 4.40. The van der Waals surface area contributed by atoms with Gasteiger partial charge in [-0.3, -0.25) is 0 Å². The second kappa shape index (κ2) is 7.20. The zero-order chi connectivity index (χ0) is 14.5. The zero-order valence-corrected chi connectivity index (χ0v) is 12.9. The Morgan fingerprint density at radius 2 is 1.75 bits per heavy atom. The quantitative estimate of drug-likeness (QED) is 0.798. The molecule has 5 heteroatoms. The van der Waals surface area contributed by atoms with Crippen molar-refractivity contribution in [1.82, 2.24) is 0 Å². The second-order valence-corrected chi connectivity index (χ2v) is 6.41. The van der Waals surface area contributed by atoms with E-state index >= 15 is 0 Å². The molecule has 0 radical (unpaired) electrons. The van der Waals surface area contributed by atoms with Gasteiger partial charge in [0.05, 0.1) is 6.10 Å². The van der Waals surface area contributed by atoms with Crippen LogP contribution in [0.15, 0.2) is 51.8 Å². The van der Waals surface area contributed by atoms with E-state index in [1.54, 1.807) is 18.2 Å². The Bertz CT molecular complexity index is 554. The van der Waals surface area contributed by atoms with E-state index in [0.29, 0.717) is 16.6 Å². The SMILES string of the molecule is OC(CSc1ccc(F)cc1)Cc1cc(F)cc(Br)c1. The molecule has 1 N–H and O–H groups in total. The van der Waals surface area contributed by atoms with Gasteiger partial charge in [-0.25, -0.2) is 8.78 Å². The van der Waals surface area contributed by atoms with Crippen molar-refractivity contribution in [2.24, 2.45) is 0 Å². The summed E-state index contributed by atoms with van der Waals surface area (Å²) >= 11 is 4.67. The van der Waals surface area contributed by atoms with Crippen LogP contribution in [0.4, 0.5) is 8.78 Å². The van der Waals surface area contributed by atoms with Gasteiger partial charge in [-0.05, 0) is 54.4 Å². The van der Waals surface area contributed by atoms with E-state index in [9.17, 15) is 13.9 Å². The predicted molar refractivity (Wildman–Crippen MR) is 80.9 cm³/mol. The molecule has 0 aliphatic rings. The molecule has 0 amide bonds. The number of benzene rings is 2. The van der Waals surface area contributed by atoms with Gasteiger partial charge >= 0.3 is 0 Å². The van der Waals surface area contributed by atoms with E-state index in [0.717, 1.165) is 10.5 Å². The molecule has 1 unspecified atom stereocenters. The lowest BCUT2D eigenvalue weighted by Crippen LogP contribution is -2.13. The van der Waals surface area contributed by atoms with Crippen LogP contribution in [0, 0.1) is 11.6 Å². The van der Waals surface area contributed by atoms with Crippen molar-refractivity contribution in [2.75, 3.05) is 5.75 Å². The summed E-state index contributed by atoms with van der Waals surface area (Å²) in [7, 11) is 0. The number of hydrogen-bond donors (Lipinski definition) is 1. The average Bonchev–Trinajstić information content (AvgIpc) is 2.37. The van der Waals surface area contributed by atoms with Crippen LogP contribution >= 0.6 is 27.7 Å². The normalized spacial score (nSPS) is 12.4. The first kappa shape index (κ1) is 15.5. The first-order valence-electron chi connectivity index (χ1n) is 6.04. The topological polar surface area (TPSA) is 20.2 Å². The summed E-state index contributed by atoms with van der Waals surface area (Å²) in [4.78, 5) is 0.894. The number of halogens is 3. The Hall–Kier alpha value is -0.910. The molecule has 2 rings (SSSR count). The average molecular weight is 359 g/mol. The lowest BCUT2D eigenvalue weighted by atomic mass is 10.1. The minimum atomic E-state index is -0.584. The molecule has 0 aliphatic heterocycles. The zero-order valence-electron chi connectivity index (χ0n) is 10.5. The summed E-state index contributed by atoms with van der Waals surface area (Å²) in [5, 5.41) is 9.97. The minimum Gasteiger partial charge on any atom is -0.392 e. The maximum absolute atomic E-state index is 13.2. The highest BCUT2D eigenvalue weighted by molar-refractivity contribution is 9.10. The van der Waals surface area contributed by atoms with Crippen molar-refractivity contribution in [3.8, 4) is 0 Å². The van der Waals surface area contributed by atoms with Crippen LogP contribution in [0.3, 0.4) is 0 Å². The van der Waals surface area contributed by atoms with Gasteiger partial charge in [0.25, 0.3) is 0 Å². The van der Waals surface area contributed by atoms with Gasteiger partial charge in [-0.1, -0.05) is 15.9 Å². The fourth-order valence-electron chi connectivity index (χ4n) is 1.78. The Labute approximate surface area is 129 Å². The van der Waals surface area contributed by atoms with Gasteiger partial charge < -0.3 is 5.11 Å². The number of rotatable bonds is 5. The monoisotopic (exact) mass is 358 g/mol. The largest absolute Gasteiger partial charge is 0.392 e. The van der Waals surface area contributed by atoms with E-state index in [1.807, 2.05) is 0 Å². The lowest BCUT2D eigenvalue weighted by molar-refractivity contribution is 0.200. The van der Waals surface area contributed by atoms with Gasteiger partial charge in [0.15, 0.2) is 0 Å². The smallest absolute Gasteiger partial charge is 0.124 e. The molecule has 0 saturated heterocycles. The number of hydrogen-bond acceptors (Lipinski definition) is 2. The molecule has 2 aromatic rings. The van der Waals surface area contributed by atoms with Gasteiger partial charge in [0, 0.05) is 15.1 Å². The number of aliphatic hydroxyl groups excluding tert-OH is 1. The molecule has 0 bridgehead atoms. The van der Waals surface area contributed by atoms with Crippen molar-refractivity contribution in [3.05, 3.63) is 64.1 Å². The Balaban J connectivity index is 1.88. The first-order valence-corrected chi connectivity index (χ1v) is 7.82. The fourth-order valence-corrected chi connectivity index (χ4v) is 3.13. The third-order valence-corrected chi connectivity index (χ3v) is 4.26. The fraction of sp³-hybridized carbons (Fsp3) is 0.200. The molecule has 106 valence electrons. The molecule has 0 saturated carbocycles. The molecule has 20 heavy (non-hydrogen) atoms. The van der Waals surface area contributed by atoms with E-state index in [2.05, 4.69) is 15.9 Å². The molecule has 0 heterocycles. The highest BCUT2D eigenvalue weighted by Crippen LogP contribution is 2.21. The van der Waals surface area contributed by atoms with Crippen LogP contribution in [0.1, 0.15) is 5.56 Å².